The third-order valence-corrected chi connectivity index (χ3v) is 5.27. The first kappa shape index (κ1) is 16.8. The van der Waals surface area contributed by atoms with Crippen LogP contribution in [0.5, 0.6) is 0 Å². The van der Waals surface area contributed by atoms with Gasteiger partial charge in [-0.1, -0.05) is 0 Å². The molecule has 0 amide bonds. The number of nitrogens with one attached hydrogen (secondary N) is 1. The maximum atomic E-state index is 11.8. The minimum atomic E-state index is -2.90. The van der Waals surface area contributed by atoms with Gasteiger partial charge in [-0.15, -0.1) is 0 Å². The van der Waals surface area contributed by atoms with Gasteiger partial charge in [-0.2, -0.15) is 11.8 Å². The highest BCUT2D eigenvalue weighted by Crippen LogP contribution is 2.25. The van der Waals surface area contributed by atoms with Gasteiger partial charge in [0.2, 0.25) is 0 Å². The molecule has 1 aliphatic rings. The van der Waals surface area contributed by atoms with E-state index in [1.165, 1.54) is 13.4 Å². The monoisotopic (exact) mass is 309 g/mol. The lowest BCUT2D eigenvalue weighted by Crippen LogP contribution is -2.51. The summed E-state index contributed by atoms with van der Waals surface area (Å²) in [7, 11) is -1.50. The Morgan fingerprint density at radius 2 is 2.05 bits per heavy atom. The molecular formula is C12H23NO4S2. The van der Waals surface area contributed by atoms with Gasteiger partial charge in [-0.3, -0.25) is 10.1 Å². The minimum absolute atomic E-state index is 0.183. The van der Waals surface area contributed by atoms with Gasteiger partial charge in [0.25, 0.3) is 0 Å². The highest BCUT2D eigenvalue weighted by molar-refractivity contribution is 8.00. The molecule has 1 aliphatic carbocycles. The number of carbonyl (C=O) groups excluding carboxylic acids is 1. The zero-order chi connectivity index (χ0) is 14.5. The molecule has 1 fully saturated rings. The van der Waals surface area contributed by atoms with Crippen LogP contribution in [0.25, 0.3) is 0 Å². The van der Waals surface area contributed by atoms with Gasteiger partial charge in [0.05, 0.1) is 12.9 Å². The van der Waals surface area contributed by atoms with E-state index in [9.17, 15) is 13.2 Å². The zero-order valence-corrected chi connectivity index (χ0v) is 13.4. The van der Waals surface area contributed by atoms with Crippen molar-refractivity contribution in [1.82, 2.24) is 5.32 Å². The molecule has 0 saturated heterocycles. The Bertz CT molecular complexity index is 406. The summed E-state index contributed by atoms with van der Waals surface area (Å²) in [5.41, 5.74) is -0.659. The van der Waals surface area contributed by atoms with Crippen molar-refractivity contribution in [2.75, 3.05) is 30.6 Å². The fourth-order valence-corrected chi connectivity index (χ4v) is 4.16. The second kappa shape index (κ2) is 6.95. The molecule has 7 heteroatoms. The van der Waals surface area contributed by atoms with Crippen LogP contribution in [-0.4, -0.2) is 56.6 Å². The summed E-state index contributed by atoms with van der Waals surface area (Å²) >= 11 is 1.56. The quantitative estimate of drug-likeness (QED) is 0.502. The van der Waals surface area contributed by atoms with E-state index in [2.05, 4.69) is 5.32 Å². The lowest BCUT2D eigenvalue weighted by molar-refractivity contribution is -0.148. The van der Waals surface area contributed by atoms with Gasteiger partial charge in [0.1, 0.15) is 15.4 Å². The molecule has 1 saturated carbocycles. The Morgan fingerprint density at radius 3 is 2.53 bits per heavy atom. The molecule has 1 N–H and O–H groups in total. The molecule has 0 aromatic heterocycles. The number of carbonyl (C=O) groups is 1. The summed E-state index contributed by atoms with van der Waals surface area (Å²) in [6.45, 7) is 1.86. The minimum Gasteiger partial charge on any atom is -0.468 e. The van der Waals surface area contributed by atoms with Crippen molar-refractivity contribution in [2.45, 2.75) is 37.8 Å². The summed E-state index contributed by atoms with van der Waals surface area (Å²) in [4.78, 5) is 11.8. The number of methoxy groups -OCH3 is 1. The molecule has 0 aromatic carbocycles. The molecule has 0 spiro atoms. The largest absolute Gasteiger partial charge is 0.468 e. The smallest absolute Gasteiger partial charge is 0.325 e. The Balaban J connectivity index is 2.34. The van der Waals surface area contributed by atoms with Crippen LogP contribution in [-0.2, 0) is 19.4 Å². The fraction of sp³-hybridized carbons (Fsp3) is 0.917. The second-order valence-corrected chi connectivity index (χ2v) is 8.72. The van der Waals surface area contributed by atoms with Crippen LogP contribution < -0.4 is 5.32 Å². The number of esters is 1. The Hall–Kier alpha value is -0.270. The zero-order valence-electron chi connectivity index (χ0n) is 11.8. The average molecular weight is 309 g/mol. The maximum absolute atomic E-state index is 11.8. The Morgan fingerprint density at radius 1 is 1.42 bits per heavy atom. The SMILES string of the molecule is COC(=O)C(C)(CCSCCS(C)(=O)=O)NC1CC1. The molecule has 5 nitrogen and oxygen atoms in total. The van der Waals surface area contributed by atoms with E-state index in [0.717, 1.165) is 18.6 Å². The predicted molar refractivity (Wildman–Crippen MR) is 78.2 cm³/mol. The number of thioether (sulfide) groups is 1. The van der Waals surface area contributed by atoms with E-state index in [1.54, 1.807) is 11.8 Å². The third-order valence-electron chi connectivity index (χ3n) is 3.08. The van der Waals surface area contributed by atoms with E-state index in [-0.39, 0.29) is 11.7 Å². The van der Waals surface area contributed by atoms with Gasteiger partial charge in [-0.25, -0.2) is 8.42 Å². The molecule has 19 heavy (non-hydrogen) atoms. The molecule has 112 valence electrons. The van der Waals surface area contributed by atoms with Crippen LogP contribution in [0.15, 0.2) is 0 Å². The average Bonchev–Trinajstić information content (AvgIpc) is 3.09. The maximum Gasteiger partial charge on any atom is 0.325 e. The van der Waals surface area contributed by atoms with E-state index in [0.29, 0.717) is 18.2 Å². The lowest BCUT2D eigenvalue weighted by atomic mass is 9.99. The van der Waals surface area contributed by atoms with Crippen LogP contribution in [0, 0.1) is 0 Å². The molecule has 1 atom stereocenters. The van der Waals surface area contributed by atoms with Gasteiger partial charge in [0, 0.05) is 18.1 Å². The first-order valence-electron chi connectivity index (χ1n) is 6.38. The molecule has 0 bridgehead atoms. The van der Waals surface area contributed by atoms with Crippen molar-refractivity contribution in [1.29, 1.82) is 0 Å². The Labute approximate surface area is 119 Å². The summed E-state index contributed by atoms with van der Waals surface area (Å²) in [5.74, 6) is 1.24. The van der Waals surface area contributed by atoms with Crippen molar-refractivity contribution in [3.05, 3.63) is 0 Å². The molecule has 0 aromatic rings. The van der Waals surface area contributed by atoms with Crippen molar-refractivity contribution in [3.63, 3.8) is 0 Å². The van der Waals surface area contributed by atoms with Gasteiger partial charge in [-0.05, 0) is 31.9 Å². The van der Waals surface area contributed by atoms with Crippen molar-refractivity contribution in [3.8, 4) is 0 Å². The summed E-state index contributed by atoms with van der Waals surface area (Å²) in [5, 5.41) is 3.32. The van der Waals surface area contributed by atoms with Crippen molar-refractivity contribution >= 4 is 27.6 Å². The van der Waals surface area contributed by atoms with Gasteiger partial charge in [0.15, 0.2) is 0 Å². The Kier molecular flexibility index (Phi) is 6.14. The summed E-state index contributed by atoms with van der Waals surface area (Å²) in [6.07, 6.45) is 4.09. The van der Waals surface area contributed by atoms with E-state index in [4.69, 9.17) is 4.74 Å². The third kappa shape index (κ3) is 6.63. The van der Waals surface area contributed by atoms with Crippen LogP contribution in [0.4, 0.5) is 0 Å². The molecular weight excluding hydrogens is 286 g/mol. The van der Waals surface area contributed by atoms with Crippen molar-refractivity contribution < 1.29 is 17.9 Å². The second-order valence-electron chi connectivity index (χ2n) is 5.23. The summed E-state index contributed by atoms with van der Waals surface area (Å²) in [6, 6.07) is 0.421. The number of hydrogen-bond acceptors (Lipinski definition) is 6. The highest BCUT2D eigenvalue weighted by Gasteiger charge is 2.38. The van der Waals surface area contributed by atoms with Crippen LogP contribution in [0.2, 0.25) is 0 Å². The molecule has 1 rings (SSSR count). The van der Waals surface area contributed by atoms with Gasteiger partial charge >= 0.3 is 5.97 Å². The predicted octanol–water partition coefficient (Wildman–Crippen LogP) is 0.838. The van der Waals surface area contributed by atoms with Crippen molar-refractivity contribution in [2.24, 2.45) is 0 Å². The number of rotatable bonds is 9. The first-order valence-corrected chi connectivity index (χ1v) is 9.60. The van der Waals surface area contributed by atoms with E-state index < -0.39 is 15.4 Å². The fourth-order valence-electron chi connectivity index (χ4n) is 1.73. The topological polar surface area (TPSA) is 72.5 Å². The van der Waals surface area contributed by atoms with Crippen LogP contribution in [0.1, 0.15) is 26.2 Å². The van der Waals surface area contributed by atoms with Gasteiger partial charge < -0.3 is 4.74 Å². The number of hydrogen-bond donors (Lipinski definition) is 1. The summed E-state index contributed by atoms with van der Waals surface area (Å²) < 4.78 is 26.8. The van der Waals surface area contributed by atoms with E-state index in [1.807, 2.05) is 6.92 Å². The van der Waals surface area contributed by atoms with Crippen LogP contribution >= 0.6 is 11.8 Å². The van der Waals surface area contributed by atoms with E-state index >= 15 is 0 Å². The molecule has 0 radical (unpaired) electrons. The number of ether oxygens (including phenoxy) is 1. The molecule has 0 aliphatic heterocycles. The molecule has 1 unspecified atom stereocenters. The molecule has 0 heterocycles. The lowest BCUT2D eigenvalue weighted by Gasteiger charge is -2.28. The first-order chi connectivity index (χ1) is 8.77. The normalized spacial score (nSPS) is 18.9. The highest BCUT2D eigenvalue weighted by atomic mass is 32.2. The van der Waals surface area contributed by atoms with Crippen LogP contribution in [0.3, 0.4) is 0 Å². The number of sulfone groups is 1. The standard InChI is InChI=1S/C12H23NO4S2/c1-12(11(14)17-2,13-10-4-5-10)6-7-18-8-9-19(3,15)16/h10,13H,4-9H2,1-3H3.